The highest BCUT2D eigenvalue weighted by Crippen LogP contribution is 2.23. The van der Waals surface area contributed by atoms with Crippen molar-refractivity contribution in [3.63, 3.8) is 0 Å². The van der Waals surface area contributed by atoms with Crippen LogP contribution >= 0.6 is 34.8 Å². The van der Waals surface area contributed by atoms with Gasteiger partial charge in [0, 0.05) is 11.9 Å². The zero-order chi connectivity index (χ0) is 15.0. The molecule has 0 saturated heterocycles. The number of fused-ring (bicyclic) bond motifs is 1. The number of aromatic amines is 2. The van der Waals surface area contributed by atoms with Crippen LogP contribution in [0.15, 0.2) is 29.1 Å². The summed E-state index contributed by atoms with van der Waals surface area (Å²) >= 11 is 17.7. The normalized spacial score (nSPS) is 11.0. The van der Waals surface area contributed by atoms with Crippen LogP contribution in [-0.2, 0) is 6.54 Å². The second-order valence-electron chi connectivity index (χ2n) is 4.42. The first-order valence-corrected chi connectivity index (χ1v) is 7.12. The van der Waals surface area contributed by atoms with Crippen molar-refractivity contribution in [3.05, 3.63) is 55.4 Å². The number of hydrogen-bond acceptors (Lipinski definition) is 3. The van der Waals surface area contributed by atoms with Crippen molar-refractivity contribution in [2.75, 3.05) is 5.32 Å². The summed E-state index contributed by atoms with van der Waals surface area (Å²) in [5, 5.41) is 11.3. The molecule has 0 radical (unpaired) electrons. The van der Waals surface area contributed by atoms with Gasteiger partial charge in [0.2, 0.25) is 0 Å². The standard InChI is InChI=1S/C13H9Cl3N4O/c14-8-2-1-6(3-9(8)15)5-17-10-4-7-11(13(21)18-10)19-20-12(7)16/h1-4H,5H2,(H,19,20)(H2,17,18,21). The fourth-order valence-electron chi connectivity index (χ4n) is 1.94. The van der Waals surface area contributed by atoms with Crippen LogP contribution in [0.5, 0.6) is 0 Å². The van der Waals surface area contributed by atoms with E-state index in [0.717, 1.165) is 5.56 Å². The summed E-state index contributed by atoms with van der Waals surface area (Å²) in [6.45, 7) is 0.480. The van der Waals surface area contributed by atoms with Crippen LogP contribution in [0, 0.1) is 0 Å². The number of anilines is 1. The van der Waals surface area contributed by atoms with Gasteiger partial charge in [-0.05, 0) is 23.8 Å². The summed E-state index contributed by atoms with van der Waals surface area (Å²) in [4.78, 5) is 14.6. The fraction of sp³-hybridized carbons (Fsp3) is 0.0769. The van der Waals surface area contributed by atoms with E-state index < -0.39 is 0 Å². The summed E-state index contributed by atoms with van der Waals surface area (Å²) in [6.07, 6.45) is 0. The topological polar surface area (TPSA) is 73.6 Å². The molecule has 0 saturated carbocycles. The third kappa shape index (κ3) is 2.85. The highest BCUT2D eigenvalue weighted by Gasteiger charge is 2.08. The largest absolute Gasteiger partial charge is 0.367 e. The van der Waals surface area contributed by atoms with E-state index in [1.54, 1.807) is 18.2 Å². The predicted octanol–water partition coefficient (Wildman–Crippen LogP) is 3.82. The van der Waals surface area contributed by atoms with E-state index in [1.165, 1.54) is 0 Å². The van der Waals surface area contributed by atoms with E-state index in [4.69, 9.17) is 34.8 Å². The molecular weight excluding hydrogens is 335 g/mol. The molecule has 2 aromatic heterocycles. The highest BCUT2D eigenvalue weighted by atomic mass is 35.5. The minimum atomic E-state index is -0.288. The Morgan fingerprint density at radius 3 is 2.71 bits per heavy atom. The summed E-state index contributed by atoms with van der Waals surface area (Å²) in [7, 11) is 0. The van der Waals surface area contributed by atoms with Crippen LogP contribution in [0.4, 0.5) is 5.82 Å². The third-order valence-electron chi connectivity index (χ3n) is 2.99. The van der Waals surface area contributed by atoms with Crippen LogP contribution in [0.3, 0.4) is 0 Å². The zero-order valence-electron chi connectivity index (χ0n) is 10.5. The second kappa shape index (κ2) is 5.60. The van der Waals surface area contributed by atoms with E-state index in [1.807, 2.05) is 6.07 Å². The number of hydrogen-bond donors (Lipinski definition) is 3. The average Bonchev–Trinajstić information content (AvgIpc) is 2.83. The van der Waals surface area contributed by atoms with Gasteiger partial charge in [0.05, 0.1) is 10.0 Å². The second-order valence-corrected chi connectivity index (χ2v) is 5.59. The number of nitrogens with one attached hydrogen (secondary N) is 3. The summed E-state index contributed by atoms with van der Waals surface area (Å²) in [6, 6.07) is 7.06. The van der Waals surface area contributed by atoms with Gasteiger partial charge in [-0.2, -0.15) is 5.10 Å². The number of H-pyrrole nitrogens is 2. The van der Waals surface area contributed by atoms with E-state index in [9.17, 15) is 4.79 Å². The van der Waals surface area contributed by atoms with Gasteiger partial charge in [-0.1, -0.05) is 40.9 Å². The Kier molecular flexibility index (Phi) is 3.80. The Morgan fingerprint density at radius 2 is 1.95 bits per heavy atom. The van der Waals surface area contributed by atoms with E-state index in [-0.39, 0.29) is 10.7 Å². The lowest BCUT2D eigenvalue weighted by Crippen LogP contribution is -2.10. The lowest BCUT2D eigenvalue weighted by molar-refractivity contribution is 1.09. The molecule has 0 bridgehead atoms. The molecule has 2 heterocycles. The average molecular weight is 344 g/mol. The van der Waals surface area contributed by atoms with Gasteiger partial charge in [-0.25, -0.2) is 0 Å². The van der Waals surface area contributed by atoms with Gasteiger partial charge in [-0.3, -0.25) is 9.89 Å². The molecule has 108 valence electrons. The molecule has 21 heavy (non-hydrogen) atoms. The first-order chi connectivity index (χ1) is 10.0. The summed E-state index contributed by atoms with van der Waals surface area (Å²) < 4.78 is 0. The molecule has 0 spiro atoms. The Balaban J connectivity index is 1.86. The zero-order valence-corrected chi connectivity index (χ0v) is 12.8. The van der Waals surface area contributed by atoms with Crippen LogP contribution in [0.25, 0.3) is 10.9 Å². The molecular formula is C13H9Cl3N4O. The fourth-order valence-corrected chi connectivity index (χ4v) is 2.45. The molecule has 0 atom stereocenters. The van der Waals surface area contributed by atoms with Crippen molar-refractivity contribution in [1.82, 2.24) is 15.2 Å². The Morgan fingerprint density at radius 1 is 1.14 bits per heavy atom. The Labute approximate surface area is 134 Å². The van der Waals surface area contributed by atoms with Crippen LogP contribution in [-0.4, -0.2) is 15.2 Å². The molecule has 1 aromatic carbocycles. The number of halogens is 3. The van der Waals surface area contributed by atoms with E-state index in [0.29, 0.717) is 33.3 Å². The summed E-state index contributed by atoms with van der Waals surface area (Å²) in [5.41, 5.74) is 0.993. The molecule has 3 aromatic rings. The molecule has 0 aliphatic carbocycles. The number of nitrogens with zero attached hydrogens (tertiary/aromatic N) is 1. The monoisotopic (exact) mass is 342 g/mol. The van der Waals surface area contributed by atoms with E-state index >= 15 is 0 Å². The maximum Gasteiger partial charge on any atom is 0.275 e. The molecule has 8 heteroatoms. The van der Waals surface area contributed by atoms with E-state index in [2.05, 4.69) is 20.5 Å². The lowest BCUT2D eigenvalue weighted by atomic mass is 10.2. The van der Waals surface area contributed by atoms with Gasteiger partial charge in [0.25, 0.3) is 5.56 Å². The van der Waals surface area contributed by atoms with Crippen molar-refractivity contribution in [2.24, 2.45) is 0 Å². The van der Waals surface area contributed by atoms with Crippen molar-refractivity contribution in [1.29, 1.82) is 0 Å². The number of pyridine rings is 1. The van der Waals surface area contributed by atoms with Gasteiger partial charge in [0.15, 0.2) is 5.15 Å². The highest BCUT2D eigenvalue weighted by molar-refractivity contribution is 6.42. The van der Waals surface area contributed by atoms with Crippen molar-refractivity contribution < 1.29 is 0 Å². The van der Waals surface area contributed by atoms with Crippen molar-refractivity contribution in [3.8, 4) is 0 Å². The molecule has 0 aliphatic heterocycles. The number of benzene rings is 1. The van der Waals surface area contributed by atoms with Gasteiger partial charge >= 0.3 is 0 Å². The van der Waals surface area contributed by atoms with Crippen molar-refractivity contribution in [2.45, 2.75) is 6.54 Å². The third-order valence-corrected chi connectivity index (χ3v) is 4.02. The Bertz CT molecular complexity index is 871. The first-order valence-electron chi connectivity index (χ1n) is 5.99. The minimum Gasteiger partial charge on any atom is -0.367 e. The van der Waals surface area contributed by atoms with Crippen LogP contribution < -0.4 is 10.9 Å². The molecule has 3 N–H and O–H groups in total. The minimum absolute atomic E-state index is 0.258. The smallest absolute Gasteiger partial charge is 0.275 e. The predicted molar refractivity (Wildman–Crippen MR) is 85.5 cm³/mol. The van der Waals surface area contributed by atoms with Gasteiger partial charge in [0.1, 0.15) is 11.3 Å². The lowest BCUT2D eigenvalue weighted by Gasteiger charge is -2.07. The molecule has 0 fully saturated rings. The van der Waals surface area contributed by atoms with Crippen LogP contribution in [0.2, 0.25) is 15.2 Å². The number of aromatic nitrogens is 3. The van der Waals surface area contributed by atoms with Gasteiger partial charge < -0.3 is 10.3 Å². The Hall–Kier alpha value is -1.69. The number of rotatable bonds is 3. The quantitative estimate of drug-likeness (QED) is 0.677. The molecule has 0 unspecified atom stereocenters. The van der Waals surface area contributed by atoms with Crippen molar-refractivity contribution >= 4 is 51.5 Å². The summed E-state index contributed by atoms with van der Waals surface area (Å²) in [5.74, 6) is 0.543. The first kappa shape index (κ1) is 14.3. The molecule has 0 amide bonds. The van der Waals surface area contributed by atoms with Gasteiger partial charge in [-0.15, -0.1) is 0 Å². The maximum absolute atomic E-state index is 11.9. The molecule has 0 aliphatic rings. The SMILES string of the molecule is O=c1[nH]c(NCc2ccc(Cl)c(Cl)c2)cc2c(Cl)n[nH]c12. The van der Waals surface area contributed by atoms with Crippen LogP contribution in [0.1, 0.15) is 5.56 Å². The molecule has 3 rings (SSSR count). The molecule has 5 nitrogen and oxygen atoms in total. The maximum atomic E-state index is 11.9.